The van der Waals surface area contributed by atoms with Crippen molar-refractivity contribution in [3.05, 3.63) is 76.9 Å². The van der Waals surface area contributed by atoms with Crippen molar-refractivity contribution in [2.75, 3.05) is 0 Å². The number of benzene rings is 2. The van der Waals surface area contributed by atoms with Gasteiger partial charge in [0.25, 0.3) is 5.24 Å². The fourth-order valence-corrected chi connectivity index (χ4v) is 4.70. The lowest BCUT2D eigenvalue weighted by Crippen LogP contribution is -2.25. The zero-order valence-electron chi connectivity index (χ0n) is 17.4. The van der Waals surface area contributed by atoms with Gasteiger partial charge in [-0.05, 0) is 55.7 Å². The topological polar surface area (TPSA) is 106 Å². The number of aromatic nitrogens is 1. The van der Waals surface area contributed by atoms with Gasteiger partial charge in [-0.25, -0.2) is 4.98 Å². The molecule has 32 heavy (non-hydrogen) atoms. The van der Waals surface area contributed by atoms with Crippen LogP contribution in [0.5, 0.6) is 0 Å². The average Bonchev–Trinajstić information content (AvgIpc) is 3.44. The molecule has 2 aromatic heterocycles. The van der Waals surface area contributed by atoms with Gasteiger partial charge in [-0.2, -0.15) is 0 Å². The van der Waals surface area contributed by atoms with E-state index in [2.05, 4.69) is 10.3 Å². The number of carbonyl (C=O) groups is 2. The zero-order valence-corrected chi connectivity index (χ0v) is 18.2. The lowest BCUT2D eigenvalue weighted by atomic mass is 10.1. The lowest BCUT2D eigenvalue weighted by Gasteiger charge is -2.04. The second-order valence-electron chi connectivity index (χ2n) is 7.79. The first-order valence-corrected chi connectivity index (χ1v) is 11.0. The third-order valence-electron chi connectivity index (χ3n) is 5.52. The molecule has 7 nitrogen and oxygen atoms in total. The molecular formula is C24H20N2O5S. The highest BCUT2D eigenvalue weighted by atomic mass is 32.2. The Morgan fingerprint density at radius 2 is 1.94 bits per heavy atom. The van der Waals surface area contributed by atoms with Crippen LogP contribution in [0, 0.1) is 13.8 Å². The standard InChI is InChI=1S/C24H20N2O5S/c1-12-5-3-4-6-16(12)23-25-20(13(2)30-23)21(27)18-11-15-9-14(7-8-17(15)31-18)10-19-22(28)26-24(29)32-19/h3-9,11,19,21,27H,10H2,1-2H3,(H,26,28,29). The molecule has 0 radical (unpaired) electrons. The zero-order chi connectivity index (χ0) is 22.4. The fraction of sp³-hybridized carbons (Fsp3) is 0.208. The number of nitrogens with one attached hydrogen (secondary N) is 1. The van der Waals surface area contributed by atoms with Crippen molar-refractivity contribution < 1.29 is 23.5 Å². The highest BCUT2D eigenvalue weighted by Gasteiger charge is 2.31. The van der Waals surface area contributed by atoms with Crippen LogP contribution < -0.4 is 5.32 Å². The van der Waals surface area contributed by atoms with Crippen molar-refractivity contribution in [3.8, 4) is 11.5 Å². The van der Waals surface area contributed by atoms with Crippen molar-refractivity contribution in [3.63, 3.8) is 0 Å². The Balaban J connectivity index is 1.42. The molecule has 0 bridgehead atoms. The first kappa shape index (κ1) is 20.5. The molecule has 0 aliphatic carbocycles. The number of hydrogen-bond acceptors (Lipinski definition) is 7. The van der Waals surface area contributed by atoms with E-state index in [0.717, 1.165) is 33.8 Å². The van der Waals surface area contributed by atoms with Gasteiger partial charge in [-0.1, -0.05) is 36.0 Å². The fourth-order valence-electron chi connectivity index (χ4n) is 3.84. The summed E-state index contributed by atoms with van der Waals surface area (Å²) in [5.74, 6) is 1.06. The van der Waals surface area contributed by atoms with Gasteiger partial charge in [0.1, 0.15) is 22.8 Å². The summed E-state index contributed by atoms with van der Waals surface area (Å²) < 4.78 is 11.7. The van der Waals surface area contributed by atoms with E-state index in [9.17, 15) is 14.7 Å². The van der Waals surface area contributed by atoms with E-state index >= 15 is 0 Å². The summed E-state index contributed by atoms with van der Waals surface area (Å²) in [7, 11) is 0. The molecule has 2 amide bonds. The molecule has 8 heteroatoms. The number of imide groups is 1. The maximum Gasteiger partial charge on any atom is 0.286 e. The minimum Gasteiger partial charge on any atom is -0.458 e. The van der Waals surface area contributed by atoms with Crippen molar-refractivity contribution in [1.82, 2.24) is 10.3 Å². The maximum atomic E-state index is 11.8. The maximum absolute atomic E-state index is 11.8. The van der Waals surface area contributed by atoms with Crippen LogP contribution >= 0.6 is 11.8 Å². The minimum absolute atomic E-state index is 0.269. The summed E-state index contributed by atoms with van der Waals surface area (Å²) in [6.45, 7) is 3.74. The third-order valence-corrected chi connectivity index (χ3v) is 6.51. The molecule has 2 unspecified atom stereocenters. The van der Waals surface area contributed by atoms with Crippen LogP contribution in [-0.2, 0) is 11.2 Å². The molecular weight excluding hydrogens is 428 g/mol. The molecule has 0 spiro atoms. The Bertz CT molecular complexity index is 1360. The Hall–Kier alpha value is -3.36. The number of fused-ring (bicyclic) bond motifs is 1. The Labute approximate surface area is 187 Å². The van der Waals surface area contributed by atoms with Crippen molar-refractivity contribution in [2.45, 2.75) is 31.6 Å². The summed E-state index contributed by atoms with van der Waals surface area (Å²) in [5, 5.41) is 13.3. The number of rotatable bonds is 5. The Morgan fingerprint density at radius 3 is 2.69 bits per heavy atom. The molecule has 162 valence electrons. The van der Waals surface area contributed by atoms with Gasteiger partial charge in [0.05, 0.1) is 5.25 Å². The van der Waals surface area contributed by atoms with Crippen LogP contribution in [0.25, 0.3) is 22.4 Å². The van der Waals surface area contributed by atoms with E-state index in [0.29, 0.717) is 35.1 Å². The smallest absolute Gasteiger partial charge is 0.286 e. The molecule has 0 saturated carbocycles. The van der Waals surface area contributed by atoms with Crippen LogP contribution in [-0.4, -0.2) is 26.5 Å². The number of furan rings is 1. The molecule has 2 aromatic carbocycles. The molecule has 4 aromatic rings. The molecule has 1 saturated heterocycles. The number of aliphatic hydroxyl groups excluding tert-OH is 1. The van der Waals surface area contributed by atoms with E-state index in [1.807, 2.05) is 43.3 Å². The van der Waals surface area contributed by atoms with Gasteiger partial charge in [-0.15, -0.1) is 0 Å². The average molecular weight is 449 g/mol. The summed E-state index contributed by atoms with van der Waals surface area (Å²) in [6, 6.07) is 15.1. The Kier molecular flexibility index (Phi) is 5.11. The molecule has 1 aliphatic heterocycles. The number of carbonyl (C=O) groups excluding carboxylic acids is 2. The SMILES string of the molecule is Cc1ccccc1-c1nc(C(O)c2cc3cc(CC4SC(=O)NC4=O)ccc3o2)c(C)o1. The van der Waals surface area contributed by atoms with E-state index in [4.69, 9.17) is 8.83 Å². The number of aryl methyl sites for hydroxylation is 2. The van der Waals surface area contributed by atoms with Gasteiger partial charge in [0.2, 0.25) is 11.8 Å². The first-order valence-electron chi connectivity index (χ1n) is 10.1. The summed E-state index contributed by atoms with van der Waals surface area (Å²) in [4.78, 5) is 27.8. The molecule has 2 N–H and O–H groups in total. The highest BCUT2D eigenvalue weighted by molar-refractivity contribution is 8.15. The van der Waals surface area contributed by atoms with Crippen LogP contribution in [0.4, 0.5) is 4.79 Å². The second-order valence-corrected chi connectivity index (χ2v) is 8.96. The van der Waals surface area contributed by atoms with Crippen LogP contribution in [0.15, 0.2) is 57.4 Å². The van der Waals surface area contributed by atoms with Crippen LogP contribution in [0.3, 0.4) is 0 Å². The van der Waals surface area contributed by atoms with Gasteiger partial charge in [0, 0.05) is 10.9 Å². The van der Waals surface area contributed by atoms with E-state index in [1.165, 1.54) is 0 Å². The lowest BCUT2D eigenvalue weighted by molar-refractivity contribution is -0.118. The van der Waals surface area contributed by atoms with Gasteiger partial charge < -0.3 is 13.9 Å². The number of aliphatic hydroxyl groups is 1. The first-order chi connectivity index (χ1) is 15.4. The quantitative estimate of drug-likeness (QED) is 0.457. The van der Waals surface area contributed by atoms with Gasteiger partial charge in [-0.3, -0.25) is 14.9 Å². The van der Waals surface area contributed by atoms with E-state index in [1.54, 1.807) is 19.1 Å². The molecule has 3 heterocycles. The summed E-state index contributed by atoms with van der Waals surface area (Å²) in [5.41, 5.74) is 3.82. The molecule has 2 atom stereocenters. The van der Waals surface area contributed by atoms with E-state index in [-0.39, 0.29) is 11.1 Å². The molecule has 1 fully saturated rings. The summed E-state index contributed by atoms with van der Waals surface area (Å²) in [6.07, 6.45) is -0.648. The van der Waals surface area contributed by atoms with Gasteiger partial charge in [0.15, 0.2) is 6.10 Å². The van der Waals surface area contributed by atoms with Crippen LogP contribution in [0.1, 0.15) is 34.4 Å². The predicted molar refractivity (Wildman–Crippen MR) is 120 cm³/mol. The second kappa shape index (κ2) is 7.96. The van der Waals surface area contributed by atoms with Crippen molar-refractivity contribution >= 4 is 33.9 Å². The molecule has 5 rings (SSSR count). The number of thioether (sulfide) groups is 1. The number of amides is 2. The van der Waals surface area contributed by atoms with Crippen molar-refractivity contribution in [2.24, 2.45) is 0 Å². The number of hydrogen-bond donors (Lipinski definition) is 2. The van der Waals surface area contributed by atoms with E-state index < -0.39 is 11.4 Å². The third kappa shape index (κ3) is 3.72. The van der Waals surface area contributed by atoms with Crippen molar-refractivity contribution in [1.29, 1.82) is 0 Å². The molecule has 1 aliphatic rings. The largest absolute Gasteiger partial charge is 0.458 e. The summed E-state index contributed by atoms with van der Waals surface area (Å²) >= 11 is 1.00. The van der Waals surface area contributed by atoms with Crippen LogP contribution in [0.2, 0.25) is 0 Å². The highest BCUT2D eigenvalue weighted by Crippen LogP contribution is 2.33. The normalized spacial score (nSPS) is 17.2. The number of oxazole rings is 1. The Morgan fingerprint density at radius 1 is 1.12 bits per heavy atom. The minimum atomic E-state index is -1.08. The van der Waals surface area contributed by atoms with Gasteiger partial charge >= 0.3 is 0 Å². The predicted octanol–water partition coefficient (Wildman–Crippen LogP) is 4.68. The number of nitrogens with zero attached hydrogens (tertiary/aromatic N) is 1. The monoisotopic (exact) mass is 448 g/mol.